The first-order valence-corrected chi connectivity index (χ1v) is 11.1. The fourth-order valence-electron chi connectivity index (χ4n) is 5.06. The van der Waals surface area contributed by atoms with Crippen molar-refractivity contribution in [3.63, 3.8) is 0 Å². The van der Waals surface area contributed by atoms with E-state index in [0.717, 1.165) is 19.3 Å². The van der Waals surface area contributed by atoms with Crippen molar-refractivity contribution in [1.82, 2.24) is 4.90 Å². The van der Waals surface area contributed by atoms with Crippen LogP contribution < -0.4 is 5.73 Å². The molecule has 0 radical (unpaired) electrons. The molecule has 2 aromatic carbocycles. The van der Waals surface area contributed by atoms with E-state index in [1.54, 1.807) is 6.07 Å². The Bertz CT molecular complexity index is 928. The minimum atomic E-state index is -0.260. The normalized spacial score (nSPS) is 18.8. The number of phenols is 2. The van der Waals surface area contributed by atoms with Crippen LogP contribution in [0.2, 0.25) is 0 Å². The van der Waals surface area contributed by atoms with E-state index in [2.05, 4.69) is 25.1 Å². The number of piperidine rings is 1. The van der Waals surface area contributed by atoms with Gasteiger partial charge in [0.05, 0.1) is 0 Å². The molecule has 2 aliphatic rings. The molecule has 5 nitrogen and oxygen atoms in total. The third-order valence-electron chi connectivity index (χ3n) is 7.38. The van der Waals surface area contributed by atoms with Gasteiger partial charge in [-0.25, -0.2) is 0 Å². The Balaban J connectivity index is 1.57. The van der Waals surface area contributed by atoms with Crippen LogP contribution in [0.3, 0.4) is 0 Å². The summed E-state index contributed by atoms with van der Waals surface area (Å²) in [6.45, 7) is 4.18. The van der Waals surface area contributed by atoms with Gasteiger partial charge in [0.2, 0.25) is 0 Å². The first kappa shape index (κ1) is 20.7. The van der Waals surface area contributed by atoms with Crippen LogP contribution >= 0.6 is 0 Å². The molecule has 0 aromatic heterocycles. The standard InChI is InChI=1S/C25H32N2O3/c1-2-25(21-14-17(16-26)6-8-20(21)18-4-3-5-18)10-12-27(13-11-25)24(30)19-7-9-22(28)23(29)15-19/h6-9,14-15,18,28-29H,2-5,10-13,16,26H2,1H3. The highest BCUT2D eigenvalue weighted by atomic mass is 16.3. The summed E-state index contributed by atoms with van der Waals surface area (Å²) in [7, 11) is 0. The number of nitrogens with two attached hydrogens (primary N) is 1. The summed E-state index contributed by atoms with van der Waals surface area (Å²) in [5, 5.41) is 19.3. The highest BCUT2D eigenvalue weighted by molar-refractivity contribution is 5.95. The fourth-order valence-corrected chi connectivity index (χ4v) is 5.06. The Hall–Kier alpha value is -2.53. The first-order valence-electron chi connectivity index (χ1n) is 11.1. The number of rotatable bonds is 5. The molecule has 1 saturated heterocycles. The summed E-state index contributed by atoms with van der Waals surface area (Å²) in [5.41, 5.74) is 10.6. The van der Waals surface area contributed by atoms with Gasteiger partial charge in [0, 0.05) is 25.2 Å². The van der Waals surface area contributed by atoms with Crippen LogP contribution in [-0.2, 0) is 12.0 Å². The number of phenolic OH excluding ortho intramolecular Hbond substituents is 2. The Morgan fingerprint density at radius 3 is 2.40 bits per heavy atom. The molecule has 0 atom stereocenters. The lowest BCUT2D eigenvalue weighted by atomic mass is 9.65. The number of benzene rings is 2. The van der Waals surface area contributed by atoms with Crippen molar-refractivity contribution in [3.8, 4) is 11.5 Å². The number of aromatic hydroxyl groups is 2. The molecule has 1 amide bonds. The van der Waals surface area contributed by atoms with E-state index in [1.165, 1.54) is 48.1 Å². The summed E-state index contributed by atoms with van der Waals surface area (Å²) >= 11 is 0. The zero-order valence-electron chi connectivity index (χ0n) is 17.7. The average Bonchev–Trinajstić information content (AvgIpc) is 2.74. The lowest BCUT2D eigenvalue weighted by molar-refractivity contribution is 0.0660. The smallest absolute Gasteiger partial charge is 0.253 e. The number of hydrogen-bond acceptors (Lipinski definition) is 4. The fraction of sp³-hybridized carbons (Fsp3) is 0.480. The zero-order valence-corrected chi connectivity index (χ0v) is 17.7. The second kappa shape index (κ2) is 8.31. The van der Waals surface area contributed by atoms with E-state index in [1.807, 2.05) is 4.90 Å². The number of likely N-dealkylation sites (tertiary alicyclic amines) is 1. The Labute approximate surface area is 178 Å². The topological polar surface area (TPSA) is 86.8 Å². The van der Waals surface area contributed by atoms with E-state index in [-0.39, 0.29) is 22.8 Å². The highest BCUT2D eigenvalue weighted by Crippen LogP contribution is 2.46. The Morgan fingerprint density at radius 1 is 1.10 bits per heavy atom. The largest absolute Gasteiger partial charge is 0.504 e. The van der Waals surface area contributed by atoms with Crippen molar-refractivity contribution in [2.75, 3.05) is 13.1 Å². The zero-order chi connectivity index (χ0) is 21.3. The SMILES string of the molecule is CCC1(c2cc(CN)ccc2C2CCC2)CCN(C(=O)c2ccc(O)c(O)c2)CC1. The van der Waals surface area contributed by atoms with Gasteiger partial charge in [-0.05, 0) is 78.3 Å². The van der Waals surface area contributed by atoms with E-state index in [0.29, 0.717) is 31.1 Å². The number of amides is 1. The van der Waals surface area contributed by atoms with Gasteiger partial charge in [0.15, 0.2) is 11.5 Å². The van der Waals surface area contributed by atoms with Crippen molar-refractivity contribution in [2.24, 2.45) is 5.73 Å². The molecule has 2 aromatic rings. The predicted octanol–water partition coefficient (Wildman–Crippen LogP) is 4.41. The Morgan fingerprint density at radius 2 is 1.83 bits per heavy atom. The molecule has 0 unspecified atom stereocenters. The monoisotopic (exact) mass is 408 g/mol. The van der Waals surface area contributed by atoms with Crippen LogP contribution in [0.1, 0.15) is 78.4 Å². The summed E-state index contributed by atoms with van der Waals surface area (Å²) < 4.78 is 0. The van der Waals surface area contributed by atoms with E-state index in [4.69, 9.17) is 5.73 Å². The maximum atomic E-state index is 12.9. The van der Waals surface area contributed by atoms with E-state index >= 15 is 0 Å². The van der Waals surface area contributed by atoms with Gasteiger partial charge < -0.3 is 20.8 Å². The molecule has 2 fully saturated rings. The summed E-state index contributed by atoms with van der Waals surface area (Å²) in [6, 6.07) is 11.1. The molecule has 0 bridgehead atoms. The van der Waals surface area contributed by atoms with Crippen molar-refractivity contribution in [3.05, 3.63) is 58.7 Å². The second-order valence-electron chi connectivity index (χ2n) is 8.88. The molecule has 4 rings (SSSR count). The molecule has 1 aliphatic carbocycles. The second-order valence-corrected chi connectivity index (χ2v) is 8.88. The van der Waals surface area contributed by atoms with Crippen LogP contribution in [-0.4, -0.2) is 34.1 Å². The molecule has 1 heterocycles. The minimum absolute atomic E-state index is 0.0734. The molecule has 160 valence electrons. The van der Waals surface area contributed by atoms with Crippen LogP contribution in [0.25, 0.3) is 0 Å². The molecular formula is C25H32N2O3. The number of nitrogens with zero attached hydrogens (tertiary/aromatic N) is 1. The third kappa shape index (κ3) is 3.67. The maximum Gasteiger partial charge on any atom is 0.253 e. The van der Waals surface area contributed by atoms with Gasteiger partial charge in [-0.3, -0.25) is 4.79 Å². The van der Waals surface area contributed by atoms with Gasteiger partial charge >= 0.3 is 0 Å². The maximum absolute atomic E-state index is 12.9. The van der Waals surface area contributed by atoms with Gasteiger partial charge in [0.1, 0.15) is 0 Å². The molecule has 1 saturated carbocycles. The number of carbonyl (C=O) groups is 1. The molecule has 1 aliphatic heterocycles. The summed E-state index contributed by atoms with van der Waals surface area (Å²) in [6.07, 6.45) is 6.74. The molecular weight excluding hydrogens is 376 g/mol. The third-order valence-corrected chi connectivity index (χ3v) is 7.38. The van der Waals surface area contributed by atoms with Gasteiger partial charge in [-0.2, -0.15) is 0 Å². The number of carbonyl (C=O) groups excluding carboxylic acids is 1. The van der Waals surface area contributed by atoms with Crippen LogP contribution in [0.15, 0.2) is 36.4 Å². The lowest BCUT2D eigenvalue weighted by Gasteiger charge is -2.44. The molecule has 4 N–H and O–H groups in total. The predicted molar refractivity (Wildman–Crippen MR) is 118 cm³/mol. The van der Waals surface area contributed by atoms with Crippen LogP contribution in [0.5, 0.6) is 11.5 Å². The van der Waals surface area contributed by atoms with Crippen molar-refractivity contribution < 1.29 is 15.0 Å². The van der Waals surface area contributed by atoms with E-state index < -0.39 is 0 Å². The van der Waals surface area contributed by atoms with Crippen molar-refractivity contribution in [1.29, 1.82) is 0 Å². The molecule has 30 heavy (non-hydrogen) atoms. The average molecular weight is 409 g/mol. The quantitative estimate of drug-likeness (QED) is 0.640. The summed E-state index contributed by atoms with van der Waals surface area (Å²) in [4.78, 5) is 14.8. The van der Waals surface area contributed by atoms with Gasteiger partial charge in [-0.1, -0.05) is 31.5 Å². The van der Waals surface area contributed by atoms with Crippen LogP contribution in [0.4, 0.5) is 0 Å². The van der Waals surface area contributed by atoms with Crippen LogP contribution in [0, 0.1) is 0 Å². The minimum Gasteiger partial charge on any atom is -0.504 e. The van der Waals surface area contributed by atoms with Gasteiger partial charge in [-0.15, -0.1) is 0 Å². The highest BCUT2D eigenvalue weighted by Gasteiger charge is 2.39. The van der Waals surface area contributed by atoms with E-state index in [9.17, 15) is 15.0 Å². The van der Waals surface area contributed by atoms with Crippen molar-refractivity contribution >= 4 is 5.91 Å². The number of hydrogen-bond donors (Lipinski definition) is 3. The lowest BCUT2D eigenvalue weighted by Crippen LogP contribution is -2.45. The Kier molecular flexibility index (Phi) is 5.74. The first-order chi connectivity index (χ1) is 14.5. The summed E-state index contributed by atoms with van der Waals surface area (Å²) in [5.74, 6) is 0.0998. The molecule has 0 spiro atoms. The van der Waals surface area contributed by atoms with Crippen molar-refractivity contribution in [2.45, 2.75) is 63.3 Å². The van der Waals surface area contributed by atoms with Gasteiger partial charge in [0.25, 0.3) is 5.91 Å². The molecule has 5 heteroatoms.